The van der Waals surface area contributed by atoms with E-state index in [0.29, 0.717) is 17.3 Å². The van der Waals surface area contributed by atoms with Crippen LogP contribution >= 0.6 is 23.1 Å². The normalized spacial score (nSPS) is 10.8. The first-order valence-corrected chi connectivity index (χ1v) is 8.14. The van der Waals surface area contributed by atoms with E-state index in [-0.39, 0.29) is 6.42 Å². The molecule has 0 radical (unpaired) electrons. The molecule has 0 aliphatic heterocycles. The zero-order chi connectivity index (χ0) is 14.4. The lowest BCUT2D eigenvalue weighted by atomic mass is 10.2. The van der Waals surface area contributed by atoms with E-state index < -0.39 is 5.97 Å². The van der Waals surface area contributed by atoms with Gasteiger partial charge in [0.1, 0.15) is 0 Å². The van der Waals surface area contributed by atoms with Gasteiger partial charge < -0.3 is 9.63 Å². The molecule has 20 heavy (non-hydrogen) atoms. The average Bonchev–Trinajstić information content (AvgIpc) is 3.02. The maximum atomic E-state index is 10.6. The van der Waals surface area contributed by atoms with Gasteiger partial charge in [-0.15, -0.1) is 11.3 Å². The van der Waals surface area contributed by atoms with Crippen molar-refractivity contribution in [3.8, 4) is 0 Å². The lowest BCUT2D eigenvalue weighted by Gasteiger charge is -1.91. The zero-order valence-electron chi connectivity index (χ0n) is 11.0. The average molecular weight is 313 g/mol. The SMILES string of the molecule is CCCCc1noc(CSc2nc(CC(=O)O)cs2)n1. The monoisotopic (exact) mass is 313 g/mol. The van der Waals surface area contributed by atoms with Crippen LogP contribution in [0.3, 0.4) is 0 Å². The van der Waals surface area contributed by atoms with E-state index in [2.05, 4.69) is 22.0 Å². The fourth-order valence-corrected chi connectivity index (χ4v) is 3.18. The fraction of sp³-hybridized carbons (Fsp3) is 0.500. The predicted octanol–water partition coefficient (Wildman–Crippen LogP) is 2.79. The summed E-state index contributed by atoms with van der Waals surface area (Å²) in [6.07, 6.45) is 2.95. The molecule has 0 aliphatic carbocycles. The Morgan fingerprint density at radius 1 is 1.50 bits per heavy atom. The standard InChI is InChI=1S/C12H15N3O3S2/c1-2-3-4-9-14-10(18-15-9)7-20-12-13-8(6-19-12)5-11(16)17/h6H,2-5,7H2,1H3,(H,16,17). The molecule has 0 spiro atoms. The molecule has 0 saturated heterocycles. The van der Waals surface area contributed by atoms with Crippen molar-refractivity contribution in [2.24, 2.45) is 0 Å². The minimum atomic E-state index is -0.871. The molecule has 0 aliphatic rings. The highest BCUT2D eigenvalue weighted by Gasteiger charge is 2.10. The summed E-state index contributed by atoms with van der Waals surface area (Å²) < 4.78 is 5.97. The first-order valence-electron chi connectivity index (χ1n) is 6.28. The van der Waals surface area contributed by atoms with Crippen LogP contribution in [0.1, 0.15) is 37.2 Å². The third-order valence-electron chi connectivity index (χ3n) is 2.45. The van der Waals surface area contributed by atoms with E-state index in [1.807, 2.05) is 0 Å². The number of aromatic nitrogens is 3. The van der Waals surface area contributed by atoms with Gasteiger partial charge in [-0.3, -0.25) is 4.79 Å². The third kappa shape index (κ3) is 4.61. The number of rotatable bonds is 8. The molecule has 0 aromatic carbocycles. The van der Waals surface area contributed by atoms with Crippen molar-refractivity contribution in [3.63, 3.8) is 0 Å². The van der Waals surface area contributed by atoms with E-state index in [4.69, 9.17) is 9.63 Å². The molecule has 2 aromatic rings. The van der Waals surface area contributed by atoms with Crippen molar-refractivity contribution in [2.75, 3.05) is 0 Å². The molecule has 108 valence electrons. The van der Waals surface area contributed by atoms with E-state index in [1.165, 1.54) is 23.1 Å². The van der Waals surface area contributed by atoms with Gasteiger partial charge in [0, 0.05) is 11.8 Å². The van der Waals surface area contributed by atoms with Crippen molar-refractivity contribution in [1.82, 2.24) is 15.1 Å². The highest BCUT2D eigenvalue weighted by Crippen LogP contribution is 2.25. The van der Waals surface area contributed by atoms with Crippen molar-refractivity contribution in [3.05, 3.63) is 22.8 Å². The Balaban J connectivity index is 1.83. The zero-order valence-corrected chi connectivity index (χ0v) is 12.7. The molecular formula is C12H15N3O3S2. The first kappa shape index (κ1) is 15.0. The Morgan fingerprint density at radius 3 is 3.10 bits per heavy atom. The minimum Gasteiger partial charge on any atom is -0.481 e. The van der Waals surface area contributed by atoms with Crippen LogP contribution in [-0.2, 0) is 23.4 Å². The third-order valence-corrected chi connectivity index (χ3v) is 4.50. The molecular weight excluding hydrogens is 298 g/mol. The van der Waals surface area contributed by atoms with Crippen molar-refractivity contribution in [2.45, 2.75) is 42.7 Å². The summed E-state index contributed by atoms with van der Waals surface area (Å²) in [5, 5.41) is 14.4. The van der Waals surface area contributed by atoms with E-state index in [1.54, 1.807) is 5.38 Å². The van der Waals surface area contributed by atoms with Crippen molar-refractivity contribution < 1.29 is 14.4 Å². The van der Waals surface area contributed by atoms with Gasteiger partial charge in [-0.05, 0) is 6.42 Å². The van der Waals surface area contributed by atoms with Crippen LogP contribution in [0.15, 0.2) is 14.2 Å². The van der Waals surface area contributed by atoms with Gasteiger partial charge in [-0.25, -0.2) is 4.98 Å². The molecule has 2 aromatic heterocycles. The lowest BCUT2D eigenvalue weighted by Crippen LogP contribution is -1.99. The second-order valence-electron chi connectivity index (χ2n) is 4.17. The Kier molecular flexibility index (Phi) is 5.54. The van der Waals surface area contributed by atoms with Crippen LogP contribution in [0.4, 0.5) is 0 Å². The number of aliphatic carboxylic acids is 1. The number of thioether (sulfide) groups is 1. The highest BCUT2D eigenvalue weighted by atomic mass is 32.2. The molecule has 6 nitrogen and oxygen atoms in total. The molecule has 0 saturated carbocycles. The van der Waals surface area contributed by atoms with Gasteiger partial charge >= 0.3 is 5.97 Å². The van der Waals surface area contributed by atoms with Gasteiger partial charge in [0.15, 0.2) is 10.2 Å². The predicted molar refractivity (Wildman–Crippen MR) is 75.9 cm³/mol. The van der Waals surface area contributed by atoms with Crippen LogP contribution in [0, 0.1) is 0 Å². The Labute approximate surface area is 124 Å². The molecule has 0 atom stereocenters. The molecule has 0 bridgehead atoms. The first-order chi connectivity index (χ1) is 9.67. The molecule has 8 heteroatoms. The number of nitrogens with zero attached hydrogens (tertiary/aromatic N) is 3. The van der Waals surface area contributed by atoms with E-state index in [9.17, 15) is 4.79 Å². The van der Waals surface area contributed by atoms with Crippen LogP contribution in [-0.4, -0.2) is 26.2 Å². The number of hydrogen-bond donors (Lipinski definition) is 1. The van der Waals surface area contributed by atoms with Gasteiger partial charge in [0.25, 0.3) is 0 Å². The maximum absolute atomic E-state index is 10.6. The van der Waals surface area contributed by atoms with Gasteiger partial charge in [0.2, 0.25) is 5.89 Å². The smallest absolute Gasteiger partial charge is 0.309 e. The van der Waals surface area contributed by atoms with Crippen LogP contribution < -0.4 is 0 Å². The highest BCUT2D eigenvalue weighted by molar-refractivity contribution is 8.00. The van der Waals surface area contributed by atoms with Gasteiger partial charge in [-0.1, -0.05) is 30.3 Å². The minimum absolute atomic E-state index is 0.0429. The summed E-state index contributed by atoms with van der Waals surface area (Å²) >= 11 is 2.91. The molecule has 0 fully saturated rings. The molecule has 2 rings (SSSR count). The lowest BCUT2D eigenvalue weighted by molar-refractivity contribution is -0.136. The number of hydrogen-bond acceptors (Lipinski definition) is 7. The van der Waals surface area contributed by atoms with Crippen LogP contribution in [0.2, 0.25) is 0 Å². The second kappa shape index (κ2) is 7.39. The topological polar surface area (TPSA) is 89.1 Å². The number of unbranched alkanes of at least 4 members (excludes halogenated alkanes) is 1. The quantitative estimate of drug-likeness (QED) is 0.749. The molecule has 0 unspecified atom stereocenters. The number of carboxylic acid groups (broad SMARTS) is 1. The van der Waals surface area contributed by atoms with Crippen molar-refractivity contribution in [1.29, 1.82) is 0 Å². The summed E-state index contributed by atoms with van der Waals surface area (Å²) in [5.74, 6) is 1.01. The maximum Gasteiger partial charge on any atom is 0.309 e. The van der Waals surface area contributed by atoms with Crippen molar-refractivity contribution >= 4 is 29.1 Å². The summed E-state index contributed by atoms with van der Waals surface area (Å²) in [7, 11) is 0. The summed E-state index contributed by atoms with van der Waals surface area (Å²) in [6, 6.07) is 0. The van der Waals surface area contributed by atoms with Gasteiger partial charge in [0.05, 0.1) is 17.9 Å². The number of carboxylic acids is 1. The summed E-state index contributed by atoms with van der Waals surface area (Å²) in [6.45, 7) is 2.12. The number of thiazole rings is 1. The fourth-order valence-electron chi connectivity index (χ4n) is 1.50. The molecule has 0 amide bonds. The Hall–Kier alpha value is -1.41. The second-order valence-corrected chi connectivity index (χ2v) is 6.25. The Morgan fingerprint density at radius 2 is 2.35 bits per heavy atom. The van der Waals surface area contributed by atoms with Crippen LogP contribution in [0.5, 0.6) is 0 Å². The van der Waals surface area contributed by atoms with E-state index in [0.717, 1.165) is 29.4 Å². The van der Waals surface area contributed by atoms with Crippen LogP contribution in [0.25, 0.3) is 0 Å². The summed E-state index contributed by atoms with van der Waals surface area (Å²) in [5.41, 5.74) is 0.583. The van der Waals surface area contributed by atoms with Gasteiger partial charge in [-0.2, -0.15) is 4.98 Å². The van der Waals surface area contributed by atoms with E-state index >= 15 is 0 Å². The number of carbonyl (C=O) groups is 1. The number of aryl methyl sites for hydroxylation is 1. The molecule has 1 N–H and O–H groups in total. The summed E-state index contributed by atoms with van der Waals surface area (Å²) in [4.78, 5) is 19.1. The Bertz CT molecular complexity index is 568. The largest absolute Gasteiger partial charge is 0.481 e. The molecule has 2 heterocycles.